The lowest BCUT2D eigenvalue weighted by molar-refractivity contribution is 0.0600. The molecule has 0 aliphatic carbocycles. The molecule has 28 heavy (non-hydrogen) atoms. The van der Waals surface area contributed by atoms with Gasteiger partial charge >= 0.3 is 5.97 Å². The maximum Gasteiger partial charge on any atom is 0.344 e. The van der Waals surface area contributed by atoms with E-state index in [1.807, 2.05) is 42.2 Å². The third-order valence-electron chi connectivity index (χ3n) is 4.89. The van der Waals surface area contributed by atoms with Crippen molar-refractivity contribution in [1.29, 1.82) is 5.26 Å². The quantitative estimate of drug-likeness (QED) is 0.790. The van der Waals surface area contributed by atoms with Gasteiger partial charge in [0, 0.05) is 31.9 Å². The summed E-state index contributed by atoms with van der Waals surface area (Å²) in [6.45, 7) is 8.43. The molecule has 0 bridgehead atoms. The van der Waals surface area contributed by atoms with Gasteiger partial charge in [0.1, 0.15) is 11.6 Å². The molecule has 2 heterocycles. The summed E-state index contributed by atoms with van der Waals surface area (Å²) in [5.74, 6) is 0.0756. The highest BCUT2D eigenvalue weighted by Crippen LogP contribution is 2.26. The Morgan fingerprint density at radius 3 is 2.57 bits per heavy atom. The van der Waals surface area contributed by atoms with Crippen molar-refractivity contribution in [2.75, 3.05) is 50.1 Å². The predicted molar refractivity (Wildman–Crippen MR) is 107 cm³/mol. The van der Waals surface area contributed by atoms with E-state index in [-0.39, 0.29) is 17.1 Å². The number of hydrogen-bond donors (Lipinski definition) is 1. The van der Waals surface area contributed by atoms with Gasteiger partial charge in [0.05, 0.1) is 7.11 Å². The number of carbonyl (C=O) groups excluding carboxylic acids is 1. The van der Waals surface area contributed by atoms with Crippen molar-refractivity contribution in [1.82, 2.24) is 14.9 Å². The monoisotopic (exact) mass is 380 g/mol. The normalized spacial score (nSPS) is 14.4. The molecule has 1 fully saturated rings. The molecule has 3 rings (SSSR count). The first-order valence-electron chi connectivity index (χ1n) is 9.27. The van der Waals surface area contributed by atoms with E-state index in [0.717, 1.165) is 44.0 Å². The number of likely N-dealkylation sites (N-methyl/N-ethyl adjacent to an activating group) is 1. The van der Waals surface area contributed by atoms with Crippen LogP contribution in [-0.2, 0) is 4.74 Å². The van der Waals surface area contributed by atoms with Crippen molar-refractivity contribution in [3.05, 3.63) is 41.1 Å². The summed E-state index contributed by atoms with van der Waals surface area (Å²) in [6, 6.07) is 9.70. The fraction of sp³-hybridized carbons (Fsp3) is 0.400. The molecule has 0 amide bonds. The van der Waals surface area contributed by atoms with Crippen molar-refractivity contribution >= 4 is 23.4 Å². The number of aromatic nitrogens is 2. The van der Waals surface area contributed by atoms with Crippen LogP contribution in [0, 0.1) is 18.3 Å². The summed E-state index contributed by atoms with van der Waals surface area (Å²) in [4.78, 5) is 25.7. The van der Waals surface area contributed by atoms with Gasteiger partial charge in [0.2, 0.25) is 5.95 Å². The first-order valence-corrected chi connectivity index (χ1v) is 9.27. The van der Waals surface area contributed by atoms with Crippen LogP contribution in [0.5, 0.6) is 0 Å². The Hall–Kier alpha value is -3.18. The molecule has 1 saturated heterocycles. The number of rotatable bonds is 5. The molecule has 1 N–H and O–H groups in total. The number of piperazine rings is 1. The minimum atomic E-state index is -0.644. The first-order chi connectivity index (χ1) is 13.6. The highest BCUT2D eigenvalue weighted by molar-refractivity contribution is 5.97. The number of nitrogens with one attached hydrogen (secondary N) is 1. The Morgan fingerprint density at radius 1 is 1.25 bits per heavy atom. The van der Waals surface area contributed by atoms with Gasteiger partial charge in [-0.25, -0.2) is 9.78 Å². The minimum absolute atomic E-state index is 0.00542. The van der Waals surface area contributed by atoms with Crippen molar-refractivity contribution in [2.24, 2.45) is 0 Å². The molecule has 1 aromatic carbocycles. The number of anilines is 3. The molecule has 1 aromatic heterocycles. The standard InChI is InChI=1S/C20H24N6O2/c1-4-25-9-11-26(12-10-25)20-23-16(13-21)17(19(27)28-3)18(24-20)22-15-8-6-5-7-14(15)2/h5-8H,4,9-12H2,1-3H3,(H,22,23,24). The van der Waals surface area contributed by atoms with Crippen molar-refractivity contribution in [2.45, 2.75) is 13.8 Å². The first kappa shape index (κ1) is 19.6. The fourth-order valence-electron chi connectivity index (χ4n) is 3.16. The van der Waals surface area contributed by atoms with Crippen LogP contribution in [0.1, 0.15) is 28.5 Å². The van der Waals surface area contributed by atoms with Gasteiger partial charge < -0.3 is 19.9 Å². The van der Waals surface area contributed by atoms with E-state index in [1.165, 1.54) is 7.11 Å². The van der Waals surface area contributed by atoms with E-state index in [2.05, 4.69) is 27.1 Å². The molecule has 1 aliphatic heterocycles. The Kier molecular flexibility index (Phi) is 6.06. The Morgan fingerprint density at radius 2 is 1.96 bits per heavy atom. The molecule has 0 spiro atoms. The summed E-state index contributed by atoms with van der Waals surface area (Å²) >= 11 is 0. The van der Waals surface area contributed by atoms with E-state index in [0.29, 0.717) is 5.95 Å². The molecular weight excluding hydrogens is 356 g/mol. The lowest BCUT2D eigenvalue weighted by Crippen LogP contribution is -2.46. The minimum Gasteiger partial charge on any atom is -0.465 e. The van der Waals surface area contributed by atoms with Crippen LogP contribution in [-0.4, -0.2) is 60.7 Å². The second-order valence-corrected chi connectivity index (χ2v) is 6.56. The molecule has 146 valence electrons. The van der Waals surface area contributed by atoms with E-state index < -0.39 is 5.97 Å². The highest BCUT2D eigenvalue weighted by atomic mass is 16.5. The molecule has 8 nitrogen and oxygen atoms in total. The maximum atomic E-state index is 12.3. The lowest BCUT2D eigenvalue weighted by atomic mass is 10.1. The van der Waals surface area contributed by atoms with Gasteiger partial charge in [-0.1, -0.05) is 25.1 Å². The molecule has 0 unspecified atom stereocenters. The number of nitrogens with zero attached hydrogens (tertiary/aromatic N) is 5. The Balaban J connectivity index is 2.03. The summed E-state index contributed by atoms with van der Waals surface area (Å²) in [6.07, 6.45) is 0. The Labute approximate surface area is 164 Å². The third-order valence-corrected chi connectivity index (χ3v) is 4.89. The van der Waals surface area contributed by atoms with Crippen molar-refractivity contribution in [3.63, 3.8) is 0 Å². The van der Waals surface area contributed by atoms with E-state index in [9.17, 15) is 10.1 Å². The van der Waals surface area contributed by atoms with Crippen LogP contribution >= 0.6 is 0 Å². The number of carbonyl (C=O) groups is 1. The molecule has 0 radical (unpaired) electrons. The average Bonchev–Trinajstić information content (AvgIpc) is 2.74. The van der Waals surface area contributed by atoms with E-state index in [4.69, 9.17) is 4.74 Å². The van der Waals surface area contributed by atoms with Crippen LogP contribution in [0.3, 0.4) is 0 Å². The molecule has 0 atom stereocenters. The number of esters is 1. The van der Waals surface area contributed by atoms with Crippen molar-refractivity contribution < 1.29 is 9.53 Å². The number of hydrogen-bond acceptors (Lipinski definition) is 8. The van der Waals surface area contributed by atoms with Crippen molar-refractivity contribution in [3.8, 4) is 6.07 Å². The molecule has 2 aromatic rings. The SMILES string of the molecule is CCN1CCN(c2nc(C#N)c(C(=O)OC)c(Nc3ccccc3C)n2)CC1. The topological polar surface area (TPSA) is 94.4 Å². The van der Waals surface area contributed by atoms with Crippen LogP contribution in [0.15, 0.2) is 24.3 Å². The van der Waals surface area contributed by atoms with Gasteiger partial charge in [-0.15, -0.1) is 0 Å². The van der Waals surface area contributed by atoms with Gasteiger partial charge in [-0.3, -0.25) is 0 Å². The third kappa shape index (κ3) is 4.05. The zero-order valence-corrected chi connectivity index (χ0v) is 16.4. The second-order valence-electron chi connectivity index (χ2n) is 6.56. The number of ether oxygens (including phenoxy) is 1. The number of methoxy groups -OCH3 is 1. The van der Waals surface area contributed by atoms with E-state index >= 15 is 0 Å². The highest BCUT2D eigenvalue weighted by Gasteiger charge is 2.25. The number of aryl methyl sites for hydroxylation is 1. The fourth-order valence-corrected chi connectivity index (χ4v) is 3.16. The maximum absolute atomic E-state index is 12.3. The largest absolute Gasteiger partial charge is 0.465 e. The number of benzene rings is 1. The summed E-state index contributed by atoms with van der Waals surface area (Å²) < 4.78 is 4.87. The Bertz CT molecular complexity index is 900. The lowest BCUT2D eigenvalue weighted by Gasteiger charge is -2.34. The number of nitriles is 1. The molecule has 8 heteroatoms. The number of para-hydroxylation sites is 1. The van der Waals surface area contributed by atoms with Gasteiger partial charge in [0.25, 0.3) is 0 Å². The molecule has 1 aliphatic rings. The summed E-state index contributed by atoms with van der Waals surface area (Å²) in [7, 11) is 1.28. The molecular formula is C20H24N6O2. The van der Waals surface area contributed by atoms with Gasteiger partial charge in [0.15, 0.2) is 11.5 Å². The van der Waals surface area contributed by atoms with Gasteiger partial charge in [-0.2, -0.15) is 10.2 Å². The molecule has 0 saturated carbocycles. The average molecular weight is 380 g/mol. The zero-order chi connectivity index (χ0) is 20.1. The smallest absolute Gasteiger partial charge is 0.344 e. The van der Waals surface area contributed by atoms with Crippen LogP contribution in [0.25, 0.3) is 0 Å². The summed E-state index contributed by atoms with van der Waals surface area (Å²) in [5.41, 5.74) is 1.85. The van der Waals surface area contributed by atoms with Crippen LogP contribution < -0.4 is 10.2 Å². The van der Waals surface area contributed by atoms with Crippen LogP contribution in [0.2, 0.25) is 0 Å². The second kappa shape index (κ2) is 8.67. The van der Waals surface area contributed by atoms with Gasteiger partial charge in [-0.05, 0) is 25.1 Å². The summed E-state index contributed by atoms with van der Waals surface area (Å²) in [5, 5.41) is 12.8. The zero-order valence-electron chi connectivity index (χ0n) is 16.4. The van der Waals surface area contributed by atoms with Crippen LogP contribution in [0.4, 0.5) is 17.5 Å². The predicted octanol–water partition coefficient (Wildman–Crippen LogP) is 2.33. The van der Waals surface area contributed by atoms with E-state index in [1.54, 1.807) is 0 Å².